The number of halogens is 3. The van der Waals surface area contributed by atoms with E-state index in [0.717, 1.165) is 14.7 Å². The molecule has 1 aromatic rings. The van der Waals surface area contributed by atoms with Crippen LogP contribution in [0, 0.1) is 3.57 Å². The topological polar surface area (TPSA) is 26.3 Å². The van der Waals surface area contributed by atoms with Gasteiger partial charge in [-0.15, -0.1) is 0 Å². The number of esters is 1. The molecular weight excluding hydrogens is 394 g/mol. The van der Waals surface area contributed by atoms with Crippen LogP contribution in [0.2, 0.25) is 5.02 Å². The van der Waals surface area contributed by atoms with Crippen LogP contribution in [-0.4, -0.2) is 13.1 Å². The Bertz CT molecular complexity index is 382. The minimum atomic E-state index is -0.254. The molecular formula is C10H9BrClIO2. The second-order valence-corrected chi connectivity index (χ2v) is 5.07. The van der Waals surface area contributed by atoms with Crippen LogP contribution in [0.3, 0.4) is 0 Å². The number of hydrogen-bond donors (Lipinski definition) is 0. The first-order chi connectivity index (χ1) is 7.08. The number of methoxy groups -OCH3 is 1. The van der Waals surface area contributed by atoms with E-state index in [4.69, 9.17) is 11.6 Å². The van der Waals surface area contributed by atoms with Crippen LogP contribution in [0.5, 0.6) is 0 Å². The smallest absolute Gasteiger partial charge is 0.309 e. The number of rotatable bonds is 3. The second kappa shape index (κ2) is 6.06. The summed E-state index contributed by atoms with van der Waals surface area (Å²) in [6, 6.07) is 3.68. The summed E-state index contributed by atoms with van der Waals surface area (Å²) >= 11 is 11.5. The van der Waals surface area contributed by atoms with Crippen LogP contribution in [0.4, 0.5) is 0 Å². The van der Waals surface area contributed by atoms with E-state index in [1.807, 2.05) is 6.07 Å². The fourth-order valence-electron chi connectivity index (χ4n) is 1.19. The number of carbonyl (C=O) groups excluding carboxylic acids is 1. The molecule has 0 atom stereocenters. The van der Waals surface area contributed by atoms with Crippen molar-refractivity contribution in [2.75, 3.05) is 7.11 Å². The SMILES string of the molecule is COC(=O)Cc1cc(Cl)cc(I)c1CBr. The lowest BCUT2D eigenvalue weighted by Crippen LogP contribution is -2.07. The molecule has 15 heavy (non-hydrogen) atoms. The zero-order valence-corrected chi connectivity index (χ0v) is 12.5. The number of ether oxygens (including phenoxy) is 1. The molecule has 0 bridgehead atoms. The molecule has 0 aliphatic rings. The van der Waals surface area contributed by atoms with Gasteiger partial charge >= 0.3 is 5.97 Å². The van der Waals surface area contributed by atoms with E-state index >= 15 is 0 Å². The predicted octanol–water partition coefficient (Wildman–Crippen LogP) is 3.56. The molecule has 0 saturated carbocycles. The van der Waals surface area contributed by atoms with Gasteiger partial charge in [0.1, 0.15) is 0 Å². The molecule has 0 radical (unpaired) electrons. The van der Waals surface area contributed by atoms with Gasteiger partial charge in [-0.3, -0.25) is 4.79 Å². The summed E-state index contributed by atoms with van der Waals surface area (Å²) in [6.07, 6.45) is 0.258. The summed E-state index contributed by atoms with van der Waals surface area (Å²) in [4.78, 5) is 11.2. The molecule has 0 amide bonds. The number of carbonyl (C=O) groups is 1. The molecule has 0 aliphatic heterocycles. The first-order valence-corrected chi connectivity index (χ1v) is 6.76. The van der Waals surface area contributed by atoms with Crippen molar-refractivity contribution < 1.29 is 9.53 Å². The highest BCUT2D eigenvalue weighted by Gasteiger charge is 2.11. The highest BCUT2D eigenvalue weighted by molar-refractivity contribution is 14.1. The highest BCUT2D eigenvalue weighted by atomic mass is 127. The molecule has 0 heterocycles. The zero-order chi connectivity index (χ0) is 11.4. The van der Waals surface area contributed by atoms with E-state index in [9.17, 15) is 4.79 Å². The van der Waals surface area contributed by atoms with Crippen LogP contribution in [0.25, 0.3) is 0 Å². The normalized spacial score (nSPS) is 10.1. The van der Waals surface area contributed by atoms with E-state index < -0.39 is 0 Å². The summed E-state index contributed by atoms with van der Waals surface area (Å²) in [5.74, 6) is -0.254. The fourth-order valence-corrected chi connectivity index (χ4v) is 3.68. The minimum absolute atomic E-state index is 0.254. The van der Waals surface area contributed by atoms with Crippen molar-refractivity contribution in [1.29, 1.82) is 0 Å². The summed E-state index contributed by atoms with van der Waals surface area (Å²) in [5.41, 5.74) is 2.00. The van der Waals surface area contributed by atoms with E-state index in [1.165, 1.54) is 7.11 Å². The third kappa shape index (κ3) is 3.60. The van der Waals surface area contributed by atoms with Gasteiger partial charge < -0.3 is 4.74 Å². The van der Waals surface area contributed by atoms with Gasteiger partial charge in [0.15, 0.2) is 0 Å². The van der Waals surface area contributed by atoms with E-state index in [-0.39, 0.29) is 12.4 Å². The number of alkyl halides is 1. The predicted molar refractivity (Wildman–Crippen MR) is 72.5 cm³/mol. The van der Waals surface area contributed by atoms with Gasteiger partial charge in [0, 0.05) is 13.9 Å². The van der Waals surface area contributed by atoms with Crippen molar-refractivity contribution in [2.24, 2.45) is 0 Å². The maximum Gasteiger partial charge on any atom is 0.309 e. The Morgan fingerprint density at radius 1 is 1.60 bits per heavy atom. The van der Waals surface area contributed by atoms with Crippen LogP contribution in [-0.2, 0) is 21.3 Å². The number of benzene rings is 1. The van der Waals surface area contributed by atoms with Crippen molar-refractivity contribution in [3.63, 3.8) is 0 Å². The molecule has 5 heteroatoms. The first kappa shape index (κ1) is 13.3. The summed E-state index contributed by atoms with van der Waals surface area (Å²) in [6.45, 7) is 0. The van der Waals surface area contributed by atoms with E-state index in [0.29, 0.717) is 10.4 Å². The van der Waals surface area contributed by atoms with Crippen molar-refractivity contribution >= 4 is 56.1 Å². The third-order valence-electron chi connectivity index (χ3n) is 1.95. The van der Waals surface area contributed by atoms with Gasteiger partial charge in [-0.1, -0.05) is 27.5 Å². The lowest BCUT2D eigenvalue weighted by molar-refractivity contribution is -0.139. The molecule has 82 valence electrons. The third-order valence-corrected chi connectivity index (χ3v) is 3.69. The van der Waals surface area contributed by atoms with E-state index in [2.05, 4.69) is 43.3 Å². The molecule has 0 aliphatic carbocycles. The van der Waals surface area contributed by atoms with Gasteiger partial charge in [0.25, 0.3) is 0 Å². The average Bonchev–Trinajstić information content (AvgIpc) is 2.17. The van der Waals surface area contributed by atoms with Crippen molar-refractivity contribution in [2.45, 2.75) is 11.8 Å². The van der Waals surface area contributed by atoms with Crippen LogP contribution in [0.1, 0.15) is 11.1 Å². The van der Waals surface area contributed by atoms with Gasteiger partial charge in [0.2, 0.25) is 0 Å². The second-order valence-electron chi connectivity index (χ2n) is 2.91. The monoisotopic (exact) mass is 402 g/mol. The Balaban J connectivity index is 3.09. The molecule has 2 nitrogen and oxygen atoms in total. The molecule has 0 fully saturated rings. The quantitative estimate of drug-likeness (QED) is 0.438. The fraction of sp³-hybridized carbons (Fsp3) is 0.300. The largest absolute Gasteiger partial charge is 0.469 e. The Labute approximate surface area is 116 Å². The molecule has 1 aromatic carbocycles. The number of hydrogen-bond acceptors (Lipinski definition) is 2. The summed E-state index contributed by atoms with van der Waals surface area (Å²) < 4.78 is 5.69. The summed E-state index contributed by atoms with van der Waals surface area (Å²) in [5, 5.41) is 1.34. The molecule has 0 aromatic heterocycles. The lowest BCUT2D eigenvalue weighted by atomic mass is 10.1. The highest BCUT2D eigenvalue weighted by Crippen LogP contribution is 2.25. The molecule has 0 saturated heterocycles. The van der Waals surface area contributed by atoms with Crippen molar-refractivity contribution in [3.05, 3.63) is 31.9 Å². The zero-order valence-electron chi connectivity index (χ0n) is 8.02. The van der Waals surface area contributed by atoms with Crippen LogP contribution >= 0.6 is 50.1 Å². The maximum absolute atomic E-state index is 11.2. The Morgan fingerprint density at radius 2 is 2.27 bits per heavy atom. The average molecular weight is 403 g/mol. The Hall–Kier alpha value is 0.190. The molecule has 0 N–H and O–H groups in total. The lowest BCUT2D eigenvalue weighted by Gasteiger charge is -2.09. The van der Waals surface area contributed by atoms with Crippen molar-refractivity contribution in [3.8, 4) is 0 Å². The minimum Gasteiger partial charge on any atom is -0.469 e. The molecule has 0 spiro atoms. The first-order valence-electron chi connectivity index (χ1n) is 4.18. The molecule has 1 rings (SSSR count). The van der Waals surface area contributed by atoms with Gasteiger partial charge in [0.05, 0.1) is 13.5 Å². The van der Waals surface area contributed by atoms with Gasteiger partial charge in [-0.2, -0.15) is 0 Å². The van der Waals surface area contributed by atoms with Gasteiger partial charge in [-0.05, 0) is 45.9 Å². The maximum atomic E-state index is 11.2. The van der Waals surface area contributed by atoms with E-state index in [1.54, 1.807) is 6.07 Å². The standard InChI is InChI=1S/C10H9BrClIO2/c1-15-10(14)3-6-2-7(12)4-9(13)8(6)5-11/h2,4H,3,5H2,1H3. The summed E-state index contributed by atoms with van der Waals surface area (Å²) in [7, 11) is 1.38. The van der Waals surface area contributed by atoms with Crippen LogP contribution < -0.4 is 0 Å². The molecule has 0 unspecified atom stereocenters. The Morgan fingerprint density at radius 3 is 2.80 bits per heavy atom. The van der Waals surface area contributed by atoms with Crippen LogP contribution in [0.15, 0.2) is 12.1 Å². The van der Waals surface area contributed by atoms with Gasteiger partial charge in [-0.25, -0.2) is 0 Å². The van der Waals surface area contributed by atoms with Crippen molar-refractivity contribution in [1.82, 2.24) is 0 Å². The Kier molecular flexibility index (Phi) is 5.35.